The second-order valence-corrected chi connectivity index (χ2v) is 4.83. The highest BCUT2D eigenvalue weighted by molar-refractivity contribution is 6.08. The molecule has 0 atom stereocenters. The number of benzene rings is 3. The lowest BCUT2D eigenvalue weighted by molar-refractivity contribution is 1.30. The molecule has 0 unspecified atom stereocenters. The number of hydrogen-bond donors (Lipinski definition) is 0. The summed E-state index contributed by atoms with van der Waals surface area (Å²) >= 11 is 0. The lowest BCUT2D eigenvalue weighted by Gasteiger charge is -2.11. The van der Waals surface area contributed by atoms with Crippen LogP contribution in [0.25, 0.3) is 21.5 Å². The van der Waals surface area contributed by atoms with Crippen molar-refractivity contribution in [2.24, 2.45) is 0 Å². The van der Waals surface area contributed by atoms with E-state index in [0.717, 1.165) is 0 Å². The summed E-state index contributed by atoms with van der Waals surface area (Å²) in [6.45, 7) is 6.63. The molecule has 0 saturated heterocycles. The van der Waals surface area contributed by atoms with Crippen molar-refractivity contribution in [3.05, 3.63) is 59.2 Å². The molecule has 0 spiro atoms. The summed E-state index contributed by atoms with van der Waals surface area (Å²) in [5.41, 5.74) is 4.20. The van der Waals surface area contributed by atoms with Crippen LogP contribution in [0, 0.1) is 20.8 Å². The second kappa shape index (κ2) is 3.59. The van der Waals surface area contributed by atoms with E-state index in [1.54, 1.807) is 0 Å². The predicted octanol–water partition coefficient (Wildman–Crippen LogP) is 4.92. The third kappa shape index (κ3) is 1.44. The zero-order valence-electron chi connectivity index (χ0n) is 10.5. The highest BCUT2D eigenvalue weighted by atomic mass is 14.1. The summed E-state index contributed by atoms with van der Waals surface area (Å²) in [6.07, 6.45) is 0. The third-order valence-electron chi connectivity index (χ3n) is 3.89. The number of aryl methyl sites for hydroxylation is 2. The first-order valence-electron chi connectivity index (χ1n) is 6.07. The molecule has 0 saturated carbocycles. The van der Waals surface area contributed by atoms with Crippen molar-refractivity contribution in [2.45, 2.75) is 20.8 Å². The normalized spacial score (nSPS) is 11.2. The van der Waals surface area contributed by atoms with Gasteiger partial charge in [-0.3, -0.25) is 0 Å². The van der Waals surface area contributed by atoms with E-state index in [-0.39, 0.29) is 0 Å². The van der Waals surface area contributed by atoms with Crippen LogP contribution < -0.4 is 0 Å². The summed E-state index contributed by atoms with van der Waals surface area (Å²) in [4.78, 5) is 0. The minimum Gasteiger partial charge on any atom is -0.0616 e. The van der Waals surface area contributed by atoms with Gasteiger partial charge in [0, 0.05) is 0 Å². The van der Waals surface area contributed by atoms with Crippen molar-refractivity contribution in [3.63, 3.8) is 0 Å². The fraction of sp³-hybridized carbons (Fsp3) is 0.176. The Labute approximate surface area is 102 Å². The van der Waals surface area contributed by atoms with Gasteiger partial charge in [-0.05, 0) is 59.0 Å². The topological polar surface area (TPSA) is 0 Å². The Kier molecular flexibility index (Phi) is 2.19. The predicted molar refractivity (Wildman–Crippen MR) is 75.7 cm³/mol. The van der Waals surface area contributed by atoms with E-state index in [9.17, 15) is 0 Å². The van der Waals surface area contributed by atoms with Gasteiger partial charge in [-0.1, -0.05) is 42.5 Å². The molecule has 84 valence electrons. The first-order valence-corrected chi connectivity index (χ1v) is 6.07. The Morgan fingerprint density at radius 2 is 1.41 bits per heavy atom. The van der Waals surface area contributed by atoms with Crippen LogP contribution in [-0.2, 0) is 0 Å². The van der Waals surface area contributed by atoms with Gasteiger partial charge in [0.2, 0.25) is 0 Å². The van der Waals surface area contributed by atoms with Crippen LogP contribution in [0.5, 0.6) is 0 Å². The fourth-order valence-electron chi connectivity index (χ4n) is 2.60. The second-order valence-electron chi connectivity index (χ2n) is 4.83. The molecule has 0 radical (unpaired) electrons. The standard InChI is InChI=1S/C17H16/c1-11-10-17-15(13(3)12(11)2)9-8-14-6-4-5-7-16(14)17/h4-10H,1-3H3. The van der Waals surface area contributed by atoms with Gasteiger partial charge in [-0.2, -0.15) is 0 Å². The van der Waals surface area contributed by atoms with E-state index in [4.69, 9.17) is 0 Å². The summed E-state index contributed by atoms with van der Waals surface area (Å²) in [5, 5.41) is 5.44. The van der Waals surface area contributed by atoms with E-state index in [0.29, 0.717) is 0 Å². The average Bonchev–Trinajstić information content (AvgIpc) is 2.36. The SMILES string of the molecule is Cc1cc2c(ccc3ccccc32)c(C)c1C. The fourth-order valence-corrected chi connectivity index (χ4v) is 2.60. The lowest BCUT2D eigenvalue weighted by atomic mass is 9.93. The first-order chi connectivity index (χ1) is 8.18. The Balaban J connectivity index is 2.59. The Morgan fingerprint density at radius 1 is 0.647 bits per heavy atom. The highest BCUT2D eigenvalue weighted by Gasteiger charge is 2.06. The molecule has 3 aromatic carbocycles. The van der Waals surface area contributed by atoms with Gasteiger partial charge in [0.05, 0.1) is 0 Å². The van der Waals surface area contributed by atoms with Crippen molar-refractivity contribution < 1.29 is 0 Å². The molecule has 0 nitrogen and oxygen atoms in total. The number of hydrogen-bond acceptors (Lipinski definition) is 0. The molecular formula is C17H16. The molecule has 0 amide bonds. The molecule has 0 heteroatoms. The van der Waals surface area contributed by atoms with Crippen LogP contribution >= 0.6 is 0 Å². The molecule has 0 aliphatic carbocycles. The third-order valence-corrected chi connectivity index (χ3v) is 3.89. The highest BCUT2D eigenvalue weighted by Crippen LogP contribution is 2.30. The van der Waals surface area contributed by atoms with Crippen molar-refractivity contribution in [1.82, 2.24) is 0 Å². The summed E-state index contributed by atoms with van der Waals surface area (Å²) in [7, 11) is 0. The van der Waals surface area contributed by atoms with E-state index >= 15 is 0 Å². The van der Waals surface area contributed by atoms with E-state index in [1.807, 2.05) is 0 Å². The van der Waals surface area contributed by atoms with Crippen LogP contribution in [0.3, 0.4) is 0 Å². The van der Waals surface area contributed by atoms with Crippen molar-refractivity contribution in [1.29, 1.82) is 0 Å². The Hall–Kier alpha value is -1.82. The zero-order valence-corrected chi connectivity index (χ0v) is 10.5. The summed E-state index contributed by atoms with van der Waals surface area (Å²) in [6, 6.07) is 15.4. The minimum atomic E-state index is 1.32. The molecule has 3 rings (SSSR count). The van der Waals surface area contributed by atoms with Crippen LogP contribution in [0.2, 0.25) is 0 Å². The molecule has 0 aliphatic rings. The molecule has 0 aromatic heterocycles. The lowest BCUT2D eigenvalue weighted by Crippen LogP contribution is -1.89. The molecular weight excluding hydrogens is 204 g/mol. The van der Waals surface area contributed by atoms with E-state index < -0.39 is 0 Å². The largest absolute Gasteiger partial charge is 0.0616 e. The van der Waals surface area contributed by atoms with Gasteiger partial charge in [-0.15, -0.1) is 0 Å². The van der Waals surface area contributed by atoms with Crippen molar-refractivity contribution >= 4 is 21.5 Å². The molecule has 0 fully saturated rings. The van der Waals surface area contributed by atoms with Crippen LogP contribution in [0.4, 0.5) is 0 Å². The maximum atomic E-state index is 2.32. The van der Waals surface area contributed by atoms with E-state index in [2.05, 4.69) is 63.2 Å². The zero-order chi connectivity index (χ0) is 12.0. The van der Waals surface area contributed by atoms with Gasteiger partial charge in [0.1, 0.15) is 0 Å². The first kappa shape index (κ1) is 10.3. The van der Waals surface area contributed by atoms with Gasteiger partial charge in [0.25, 0.3) is 0 Å². The average molecular weight is 220 g/mol. The van der Waals surface area contributed by atoms with E-state index in [1.165, 1.54) is 38.2 Å². The van der Waals surface area contributed by atoms with Crippen molar-refractivity contribution in [3.8, 4) is 0 Å². The number of fused-ring (bicyclic) bond motifs is 3. The molecule has 3 aromatic rings. The molecule has 17 heavy (non-hydrogen) atoms. The monoisotopic (exact) mass is 220 g/mol. The Bertz CT molecular complexity index is 721. The molecule has 0 heterocycles. The van der Waals surface area contributed by atoms with Gasteiger partial charge < -0.3 is 0 Å². The number of rotatable bonds is 0. The molecule has 0 N–H and O–H groups in total. The van der Waals surface area contributed by atoms with Crippen molar-refractivity contribution in [2.75, 3.05) is 0 Å². The maximum Gasteiger partial charge on any atom is -0.00999 e. The van der Waals surface area contributed by atoms with Crippen LogP contribution in [-0.4, -0.2) is 0 Å². The smallest absolute Gasteiger partial charge is 0.00999 e. The Morgan fingerprint density at radius 3 is 2.24 bits per heavy atom. The van der Waals surface area contributed by atoms with Crippen LogP contribution in [0.1, 0.15) is 16.7 Å². The van der Waals surface area contributed by atoms with Gasteiger partial charge in [-0.25, -0.2) is 0 Å². The molecule has 0 bridgehead atoms. The van der Waals surface area contributed by atoms with Gasteiger partial charge >= 0.3 is 0 Å². The van der Waals surface area contributed by atoms with Crippen LogP contribution in [0.15, 0.2) is 42.5 Å². The quantitative estimate of drug-likeness (QED) is 0.472. The maximum absolute atomic E-state index is 2.32. The summed E-state index contributed by atoms with van der Waals surface area (Å²) < 4.78 is 0. The summed E-state index contributed by atoms with van der Waals surface area (Å²) in [5.74, 6) is 0. The minimum absolute atomic E-state index is 1.32. The molecule has 0 aliphatic heterocycles. The van der Waals surface area contributed by atoms with Gasteiger partial charge in [0.15, 0.2) is 0 Å².